The van der Waals surface area contributed by atoms with Crippen LogP contribution in [0.4, 0.5) is 0 Å². The molecule has 0 radical (unpaired) electrons. The molecule has 1 N–H and O–H groups in total. The number of amides is 1. The Hall–Kier alpha value is -2.08. The molecule has 3 heterocycles. The van der Waals surface area contributed by atoms with Crippen LogP contribution in [-0.4, -0.2) is 22.3 Å². The molecule has 22 heavy (non-hydrogen) atoms. The van der Waals surface area contributed by atoms with Gasteiger partial charge in [0.15, 0.2) is 0 Å². The second kappa shape index (κ2) is 5.96. The minimum atomic E-state index is -0.223. The van der Waals surface area contributed by atoms with E-state index in [4.69, 9.17) is 9.15 Å². The fourth-order valence-electron chi connectivity index (χ4n) is 2.85. The molecule has 0 saturated carbocycles. The standard InChI is InChI=1S/C16H21N3O3/c1-10-4-5-14(22-10)11(2)18-16(20)13-6-7-21-15(13)12-8-17-19(3)9-12/h4-5,8-9,11,13,15H,6-7H2,1-3H3,(H,18,20)/t11-,13+,15-/m1/s1. The average molecular weight is 303 g/mol. The molecule has 1 saturated heterocycles. The zero-order valence-electron chi connectivity index (χ0n) is 13.1. The molecular weight excluding hydrogens is 282 g/mol. The number of aromatic nitrogens is 2. The second-order valence-corrected chi connectivity index (χ2v) is 5.81. The van der Waals surface area contributed by atoms with Crippen LogP contribution in [0, 0.1) is 12.8 Å². The molecule has 0 aromatic carbocycles. The van der Waals surface area contributed by atoms with E-state index < -0.39 is 0 Å². The van der Waals surface area contributed by atoms with Gasteiger partial charge in [-0.1, -0.05) is 0 Å². The van der Waals surface area contributed by atoms with Gasteiger partial charge < -0.3 is 14.5 Å². The first-order valence-corrected chi connectivity index (χ1v) is 7.51. The summed E-state index contributed by atoms with van der Waals surface area (Å²) in [5.74, 6) is 1.41. The summed E-state index contributed by atoms with van der Waals surface area (Å²) in [4.78, 5) is 12.6. The molecule has 1 amide bonds. The van der Waals surface area contributed by atoms with Crippen LogP contribution < -0.4 is 5.32 Å². The summed E-state index contributed by atoms with van der Waals surface area (Å²) in [6, 6.07) is 3.63. The lowest BCUT2D eigenvalue weighted by molar-refractivity contribution is -0.127. The van der Waals surface area contributed by atoms with Gasteiger partial charge >= 0.3 is 0 Å². The van der Waals surface area contributed by atoms with E-state index in [1.165, 1.54) is 0 Å². The Bertz CT molecular complexity index is 661. The third-order valence-electron chi connectivity index (χ3n) is 4.03. The number of carbonyl (C=O) groups excluding carboxylic acids is 1. The van der Waals surface area contributed by atoms with Gasteiger partial charge in [0.25, 0.3) is 0 Å². The Labute approximate surface area is 129 Å². The maximum atomic E-state index is 12.6. The number of rotatable bonds is 4. The Morgan fingerprint density at radius 1 is 1.50 bits per heavy atom. The molecule has 2 aromatic heterocycles. The van der Waals surface area contributed by atoms with Gasteiger partial charge in [0.2, 0.25) is 5.91 Å². The summed E-state index contributed by atoms with van der Waals surface area (Å²) in [7, 11) is 1.86. The van der Waals surface area contributed by atoms with Crippen molar-refractivity contribution in [2.24, 2.45) is 13.0 Å². The third kappa shape index (κ3) is 2.92. The van der Waals surface area contributed by atoms with Crippen molar-refractivity contribution in [3.63, 3.8) is 0 Å². The summed E-state index contributed by atoms with van der Waals surface area (Å²) in [6.45, 7) is 4.40. The number of nitrogens with zero attached hydrogens (tertiary/aromatic N) is 2. The van der Waals surface area contributed by atoms with Crippen LogP contribution in [0.25, 0.3) is 0 Å². The topological polar surface area (TPSA) is 69.3 Å². The molecule has 6 heteroatoms. The van der Waals surface area contributed by atoms with E-state index in [1.807, 2.05) is 39.2 Å². The van der Waals surface area contributed by atoms with Crippen molar-refractivity contribution >= 4 is 5.91 Å². The van der Waals surface area contributed by atoms with Gasteiger partial charge in [-0.25, -0.2) is 0 Å². The lowest BCUT2D eigenvalue weighted by atomic mass is 9.96. The van der Waals surface area contributed by atoms with Crippen molar-refractivity contribution < 1.29 is 13.9 Å². The lowest BCUT2D eigenvalue weighted by Gasteiger charge is -2.19. The van der Waals surface area contributed by atoms with Gasteiger partial charge in [-0.3, -0.25) is 9.48 Å². The fourth-order valence-corrected chi connectivity index (χ4v) is 2.85. The van der Waals surface area contributed by atoms with Gasteiger partial charge in [-0.05, 0) is 32.4 Å². The minimum absolute atomic E-state index is 0.00657. The van der Waals surface area contributed by atoms with Crippen LogP contribution in [0.2, 0.25) is 0 Å². The number of hydrogen-bond acceptors (Lipinski definition) is 4. The van der Waals surface area contributed by atoms with Crippen LogP contribution in [0.5, 0.6) is 0 Å². The van der Waals surface area contributed by atoms with Gasteiger partial charge in [-0.2, -0.15) is 5.10 Å². The highest BCUT2D eigenvalue weighted by molar-refractivity contribution is 5.80. The first-order valence-electron chi connectivity index (χ1n) is 7.51. The summed E-state index contributed by atoms with van der Waals surface area (Å²) < 4.78 is 13.0. The molecule has 1 aliphatic rings. The van der Waals surface area contributed by atoms with E-state index in [-0.39, 0.29) is 24.0 Å². The summed E-state index contributed by atoms with van der Waals surface area (Å²) >= 11 is 0. The number of nitrogens with one attached hydrogen (secondary N) is 1. The number of ether oxygens (including phenoxy) is 1. The molecule has 1 fully saturated rings. The molecule has 3 rings (SSSR count). The molecule has 3 atom stereocenters. The fraction of sp³-hybridized carbons (Fsp3) is 0.500. The highest BCUT2D eigenvalue weighted by Crippen LogP contribution is 2.34. The molecular formula is C16H21N3O3. The zero-order chi connectivity index (χ0) is 15.7. The highest BCUT2D eigenvalue weighted by atomic mass is 16.5. The minimum Gasteiger partial charge on any atom is -0.464 e. The molecule has 0 spiro atoms. The zero-order valence-corrected chi connectivity index (χ0v) is 13.1. The van der Waals surface area contributed by atoms with Crippen molar-refractivity contribution in [1.82, 2.24) is 15.1 Å². The van der Waals surface area contributed by atoms with Crippen molar-refractivity contribution in [3.05, 3.63) is 41.6 Å². The number of hydrogen-bond donors (Lipinski definition) is 1. The molecule has 2 aromatic rings. The Morgan fingerprint density at radius 3 is 2.95 bits per heavy atom. The van der Waals surface area contributed by atoms with Crippen LogP contribution in [0.3, 0.4) is 0 Å². The molecule has 1 aliphatic heterocycles. The molecule has 0 unspecified atom stereocenters. The van der Waals surface area contributed by atoms with Crippen LogP contribution in [0.1, 0.15) is 42.6 Å². The van der Waals surface area contributed by atoms with Crippen LogP contribution in [0.15, 0.2) is 28.9 Å². The predicted octanol–water partition coefficient (Wildman–Crippen LogP) is 2.28. The molecule has 118 valence electrons. The Kier molecular flexibility index (Phi) is 4.02. The van der Waals surface area contributed by atoms with Crippen molar-refractivity contribution in [1.29, 1.82) is 0 Å². The van der Waals surface area contributed by atoms with E-state index in [1.54, 1.807) is 10.9 Å². The normalized spacial score (nSPS) is 22.7. The van der Waals surface area contributed by atoms with Gasteiger partial charge in [-0.15, -0.1) is 0 Å². The van der Waals surface area contributed by atoms with E-state index in [9.17, 15) is 4.79 Å². The first-order chi connectivity index (χ1) is 10.5. The van der Waals surface area contributed by atoms with Gasteiger partial charge in [0, 0.05) is 25.4 Å². The average Bonchev–Trinajstić information content (AvgIpc) is 3.17. The smallest absolute Gasteiger partial charge is 0.226 e. The van der Waals surface area contributed by atoms with Crippen LogP contribution in [-0.2, 0) is 16.6 Å². The van der Waals surface area contributed by atoms with Gasteiger partial charge in [0.05, 0.1) is 24.3 Å². The monoisotopic (exact) mass is 303 g/mol. The third-order valence-corrected chi connectivity index (χ3v) is 4.03. The lowest BCUT2D eigenvalue weighted by Crippen LogP contribution is -2.34. The Balaban J connectivity index is 1.68. The maximum absolute atomic E-state index is 12.6. The highest BCUT2D eigenvalue weighted by Gasteiger charge is 2.36. The second-order valence-electron chi connectivity index (χ2n) is 5.81. The predicted molar refractivity (Wildman–Crippen MR) is 80.0 cm³/mol. The number of carbonyl (C=O) groups is 1. The van der Waals surface area contributed by atoms with Crippen molar-refractivity contribution in [2.75, 3.05) is 6.61 Å². The molecule has 0 bridgehead atoms. The summed E-state index contributed by atoms with van der Waals surface area (Å²) in [5.41, 5.74) is 0.946. The van der Waals surface area contributed by atoms with E-state index in [0.29, 0.717) is 6.61 Å². The largest absolute Gasteiger partial charge is 0.464 e. The number of aryl methyl sites for hydroxylation is 2. The molecule has 0 aliphatic carbocycles. The maximum Gasteiger partial charge on any atom is 0.226 e. The number of furan rings is 1. The van der Waals surface area contributed by atoms with E-state index >= 15 is 0 Å². The first kappa shape index (κ1) is 14.8. The van der Waals surface area contributed by atoms with Gasteiger partial charge in [0.1, 0.15) is 11.5 Å². The SMILES string of the molecule is Cc1ccc([C@@H](C)NC(=O)[C@H]2CCO[C@@H]2c2cnn(C)c2)o1. The van der Waals surface area contributed by atoms with E-state index in [2.05, 4.69) is 10.4 Å². The van der Waals surface area contributed by atoms with Crippen molar-refractivity contribution in [3.8, 4) is 0 Å². The van der Waals surface area contributed by atoms with Crippen molar-refractivity contribution in [2.45, 2.75) is 32.4 Å². The quantitative estimate of drug-likeness (QED) is 0.940. The Morgan fingerprint density at radius 2 is 2.32 bits per heavy atom. The summed E-state index contributed by atoms with van der Waals surface area (Å²) in [6.07, 6.45) is 4.15. The summed E-state index contributed by atoms with van der Waals surface area (Å²) in [5, 5.41) is 7.17. The molecule has 6 nitrogen and oxygen atoms in total. The van der Waals surface area contributed by atoms with E-state index in [0.717, 1.165) is 23.5 Å². The van der Waals surface area contributed by atoms with Crippen LogP contribution >= 0.6 is 0 Å².